The summed E-state index contributed by atoms with van der Waals surface area (Å²) >= 11 is 0. The first kappa shape index (κ1) is 9.14. The van der Waals surface area contributed by atoms with Gasteiger partial charge in [0.1, 0.15) is 0 Å². The Kier molecular flexibility index (Phi) is 2.43. The Balaban J connectivity index is 2.55. The molecular formula is C5H9N3O3S. The SMILES string of the molecule is Cc1nc(CNS(C)(=O)=O)no1. The molecule has 0 aliphatic carbocycles. The molecule has 0 aliphatic heterocycles. The summed E-state index contributed by atoms with van der Waals surface area (Å²) < 4.78 is 28.1. The van der Waals surface area contributed by atoms with E-state index in [9.17, 15) is 8.42 Å². The van der Waals surface area contributed by atoms with Crippen LogP contribution < -0.4 is 4.72 Å². The Morgan fingerprint density at radius 2 is 2.25 bits per heavy atom. The molecule has 0 amide bonds. The third kappa shape index (κ3) is 2.97. The molecule has 1 rings (SSSR count). The Morgan fingerprint density at radius 3 is 2.67 bits per heavy atom. The molecule has 0 bridgehead atoms. The standard InChI is InChI=1S/C5H9N3O3S/c1-4-7-5(8-11-4)3-6-12(2,9)10/h6H,3H2,1-2H3. The van der Waals surface area contributed by atoms with Gasteiger partial charge in [-0.05, 0) is 0 Å². The summed E-state index contributed by atoms with van der Waals surface area (Å²) in [5.74, 6) is 0.748. The van der Waals surface area contributed by atoms with Crippen LogP contribution in [0.25, 0.3) is 0 Å². The third-order valence-electron chi connectivity index (χ3n) is 1.06. The van der Waals surface area contributed by atoms with E-state index in [0.717, 1.165) is 6.26 Å². The van der Waals surface area contributed by atoms with E-state index >= 15 is 0 Å². The molecule has 0 radical (unpaired) electrons. The van der Waals surface area contributed by atoms with Crippen LogP contribution in [0.15, 0.2) is 4.52 Å². The van der Waals surface area contributed by atoms with E-state index in [0.29, 0.717) is 11.7 Å². The van der Waals surface area contributed by atoms with Gasteiger partial charge in [0, 0.05) is 6.92 Å². The number of rotatable bonds is 3. The number of aromatic nitrogens is 2. The summed E-state index contributed by atoms with van der Waals surface area (Å²) in [5, 5.41) is 3.51. The minimum Gasteiger partial charge on any atom is -0.340 e. The van der Waals surface area contributed by atoms with Crippen molar-refractivity contribution in [3.63, 3.8) is 0 Å². The van der Waals surface area contributed by atoms with Crippen LogP contribution in [0.4, 0.5) is 0 Å². The predicted octanol–water partition coefficient (Wildman–Crippen LogP) is -0.573. The second-order valence-corrected chi connectivity index (χ2v) is 4.16. The van der Waals surface area contributed by atoms with Gasteiger partial charge in [0.25, 0.3) is 0 Å². The first-order chi connectivity index (χ1) is 5.47. The highest BCUT2D eigenvalue weighted by molar-refractivity contribution is 7.88. The van der Waals surface area contributed by atoms with Crippen molar-refractivity contribution in [2.45, 2.75) is 13.5 Å². The first-order valence-electron chi connectivity index (χ1n) is 3.21. The van der Waals surface area contributed by atoms with Crippen molar-refractivity contribution < 1.29 is 12.9 Å². The fraction of sp³-hybridized carbons (Fsp3) is 0.600. The van der Waals surface area contributed by atoms with E-state index in [1.165, 1.54) is 0 Å². The van der Waals surface area contributed by atoms with E-state index in [-0.39, 0.29) is 6.54 Å². The Morgan fingerprint density at radius 1 is 1.58 bits per heavy atom. The van der Waals surface area contributed by atoms with E-state index in [2.05, 4.69) is 19.4 Å². The number of nitrogens with zero attached hydrogens (tertiary/aromatic N) is 2. The molecule has 0 aromatic carbocycles. The van der Waals surface area contributed by atoms with Crippen LogP contribution in [0.1, 0.15) is 11.7 Å². The summed E-state index contributed by atoms with van der Waals surface area (Å²) in [7, 11) is -3.18. The topological polar surface area (TPSA) is 85.1 Å². The third-order valence-corrected chi connectivity index (χ3v) is 1.73. The Bertz CT molecular complexity index is 356. The maximum atomic E-state index is 10.6. The van der Waals surface area contributed by atoms with Gasteiger partial charge in [-0.1, -0.05) is 5.16 Å². The van der Waals surface area contributed by atoms with E-state index < -0.39 is 10.0 Å². The minimum absolute atomic E-state index is 0.0656. The van der Waals surface area contributed by atoms with Gasteiger partial charge in [0.2, 0.25) is 15.9 Å². The van der Waals surface area contributed by atoms with Crippen molar-refractivity contribution in [3.8, 4) is 0 Å². The molecule has 1 aromatic heterocycles. The molecule has 6 nitrogen and oxygen atoms in total. The first-order valence-corrected chi connectivity index (χ1v) is 5.10. The second-order valence-electron chi connectivity index (χ2n) is 2.32. The van der Waals surface area contributed by atoms with Crippen molar-refractivity contribution in [1.29, 1.82) is 0 Å². The molecule has 0 unspecified atom stereocenters. The number of aryl methyl sites for hydroxylation is 1. The van der Waals surface area contributed by atoms with Gasteiger partial charge in [0.05, 0.1) is 12.8 Å². The second kappa shape index (κ2) is 3.20. The molecule has 0 atom stereocenters. The Hall–Kier alpha value is -0.950. The highest BCUT2D eigenvalue weighted by atomic mass is 32.2. The Labute approximate surface area is 70.0 Å². The molecule has 0 saturated heterocycles. The monoisotopic (exact) mass is 191 g/mol. The quantitative estimate of drug-likeness (QED) is 0.691. The lowest BCUT2D eigenvalue weighted by molar-refractivity contribution is 0.387. The molecule has 12 heavy (non-hydrogen) atoms. The lowest BCUT2D eigenvalue weighted by Gasteiger charge is -1.95. The average molecular weight is 191 g/mol. The number of sulfonamides is 1. The van der Waals surface area contributed by atoms with Gasteiger partial charge < -0.3 is 4.52 Å². The lowest BCUT2D eigenvalue weighted by Crippen LogP contribution is -2.21. The molecule has 0 fully saturated rings. The van der Waals surface area contributed by atoms with Crippen molar-refractivity contribution in [1.82, 2.24) is 14.9 Å². The summed E-state index contributed by atoms with van der Waals surface area (Å²) in [6.07, 6.45) is 1.07. The van der Waals surface area contributed by atoms with Gasteiger partial charge in [-0.3, -0.25) is 0 Å². The van der Waals surface area contributed by atoms with Crippen molar-refractivity contribution in [2.75, 3.05) is 6.26 Å². The summed E-state index contributed by atoms with van der Waals surface area (Å²) in [6.45, 7) is 1.70. The molecular weight excluding hydrogens is 182 g/mol. The van der Waals surface area contributed by atoms with Gasteiger partial charge in [-0.2, -0.15) is 4.98 Å². The zero-order valence-corrected chi connectivity index (χ0v) is 7.55. The van der Waals surface area contributed by atoms with Crippen LogP contribution in [0, 0.1) is 6.92 Å². The summed E-state index contributed by atoms with van der Waals surface area (Å²) in [6, 6.07) is 0. The molecule has 0 saturated carbocycles. The average Bonchev–Trinajstić information content (AvgIpc) is 2.30. The molecule has 1 aromatic rings. The fourth-order valence-corrected chi connectivity index (χ4v) is 1.00. The zero-order chi connectivity index (χ0) is 9.19. The van der Waals surface area contributed by atoms with Crippen LogP contribution >= 0.6 is 0 Å². The normalized spacial score (nSPS) is 11.8. The molecule has 0 aliphatic rings. The number of hydrogen-bond acceptors (Lipinski definition) is 5. The highest BCUT2D eigenvalue weighted by Gasteiger charge is 2.05. The van der Waals surface area contributed by atoms with Gasteiger partial charge in [0.15, 0.2) is 5.82 Å². The van der Waals surface area contributed by atoms with Gasteiger partial charge in [-0.25, -0.2) is 13.1 Å². The maximum Gasteiger partial charge on any atom is 0.223 e. The number of nitrogens with one attached hydrogen (secondary N) is 1. The molecule has 7 heteroatoms. The lowest BCUT2D eigenvalue weighted by atomic mass is 10.6. The molecule has 1 N–H and O–H groups in total. The van der Waals surface area contributed by atoms with E-state index in [1.54, 1.807) is 6.92 Å². The van der Waals surface area contributed by atoms with Crippen molar-refractivity contribution >= 4 is 10.0 Å². The number of hydrogen-bond donors (Lipinski definition) is 1. The van der Waals surface area contributed by atoms with Crippen molar-refractivity contribution in [3.05, 3.63) is 11.7 Å². The summed E-state index contributed by atoms with van der Waals surface area (Å²) in [5.41, 5.74) is 0. The minimum atomic E-state index is -3.18. The van der Waals surface area contributed by atoms with Crippen LogP contribution in [0.3, 0.4) is 0 Å². The molecule has 68 valence electrons. The van der Waals surface area contributed by atoms with Crippen LogP contribution in [-0.4, -0.2) is 24.8 Å². The maximum absolute atomic E-state index is 10.6. The molecule has 0 spiro atoms. The zero-order valence-electron chi connectivity index (χ0n) is 6.73. The van der Waals surface area contributed by atoms with Crippen LogP contribution in [0.5, 0.6) is 0 Å². The van der Waals surface area contributed by atoms with E-state index in [4.69, 9.17) is 0 Å². The van der Waals surface area contributed by atoms with Crippen molar-refractivity contribution in [2.24, 2.45) is 0 Å². The predicted molar refractivity (Wildman–Crippen MR) is 40.7 cm³/mol. The highest BCUT2D eigenvalue weighted by Crippen LogP contribution is 1.94. The van der Waals surface area contributed by atoms with Crippen LogP contribution in [0.2, 0.25) is 0 Å². The van der Waals surface area contributed by atoms with E-state index in [1.807, 2.05) is 0 Å². The van der Waals surface area contributed by atoms with Crippen LogP contribution in [-0.2, 0) is 16.6 Å². The fourth-order valence-electron chi connectivity index (χ4n) is 0.609. The summed E-state index contributed by atoms with van der Waals surface area (Å²) in [4.78, 5) is 3.81. The van der Waals surface area contributed by atoms with Gasteiger partial charge in [-0.15, -0.1) is 0 Å². The smallest absolute Gasteiger partial charge is 0.223 e. The largest absolute Gasteiger partial charge is 0.340 e. The van der Waals surface area contributed by atoms with Gasteiger partial charge >= 0.3 is 0 Å². The molecule has 1 heterocycles.